The highest BCUT2D eigenvalue weighted by Crippen LogP contribution is 2.18. The van der Waals surface area contributed by atoms with Crippen molar-refractivity contribution in [2.45, 2.75) is 25.9 Å². The summed E-state index contributed by atoms with van der Waals surface area (Å²) >= 11 is 0. The van der Waals surface area contributed by atoms with Crippen molar-refractivity contribution < 1.29 is 9.22 Å². The first-order chi connectivity index (χ1) is 7.03. The molecule has 1 amide bonds. The monoisotopic (exact) mass is 223 g/mol. The Labute approximate surface area is 91.6 Å². The number of carbonyl (C=O) groups excluding carboxylic acids is 1. The van der Waals surface area contributed by atoms with E-state index in [1.807, 2.05) is 30.3 Å². The van der Waals surface area contributed by atoms with Crippen molar-refractivity contribution in [3.05, 3.63) is 35.9 Å². The van der Waals surface area contributed by atoms with Gasteiger partial charge in [0.1, 0.15) is 6.23 Å². The highest BCUT2D eigenvalue weighted by atomic mass is 28.4. The largest absolute Gasteiger partial charge is 0.394 e. The normalized spacial score (nSPS) is 13.3. The van der Waals surface area contributed by atoms with E-state index in [2.05, 4.69) is 25.0 Å². The molecule has 1 rings (SSSR count). The van der Waals surface area contributed by atoms with Crippen LogP contribution in [-0.2, 0) is 9.22 Å². The molecule has 0 fully saturated rings. The van der Waals surface area contributed by atoms with Crippen LogP contribution < -0.4 is 5.32 Å². The summed E-state index contributed by atoms with van der Waals surface area (Å²) < 4.78 is 5.86. The molecule has 3 nitrogen and oxygen atoms in total. The molecule has 1 atom stereocenters. The van der Waals surface area contributed by atoms with Gasteiger partial charge in [-0.2, -0.15) is 0 Å². The fraction of sp³-hybridized carbons (Fsp3) is 0.364. The lowest BCUT2D eigenvalue weighted by atomic mass is 10.2. The van der Waals surface area contributed by atoms with E-state index in [4.69, 9.17) is 4.43 Å². The topological polar surface area (TPSA) is 38.3 Å². The molecular formula is C11H17NO2Si. The van der Waals surface area contributed by atoms with Crippen LogP contribution in [0.15, 0.2) is 30.3 Å². The zero-order chi connectivity index (χ0) is 11.3. The molecule has 1 unspecified atom stereocenters. The number of carbonyl (C=O) groups is 1. The average molecular weight is 223 g/mol. The van der Waals surface area contributed by atoms with Crippen molar-refractivity contribution in [2.24, 2.45) is 0 Å². The van der Waals surface area contributed by atoms with Crippen molar-refractivity contribution >= 4 is 14.7 Å². The van der Waals surface area contributed by atoms with Crippen LogP contribution in [0.1, 0.15) is 11.8 Å². The van der Waals surface area contributed by atoms with E-state index in [-0.39, 0.29) is 6.23 Å². The van der Waals surface area contributed by atoms with Crippen LogP contribution >= 0.6 is 0 Å². The van der Waals surface area contributed by atoms with Gasteiger partial charge in [-0.05, 0) is 19.6 Å². The minimum Gasteiger partial charge on any atom is -0.394 e. The molecule has 0 aromatic heterocycles. The maximum Gasteiger partial charge on any atom is 0.209 e. The Morgan fingerprint density at radius 1 is 1.27 bits per heavy atom. The maximum absolute atomic E-state index is 10.5. The average Bonchev–Trinajstić information content (AvgIpc) is 2.17. The second-order valence-electron chi connectivity index (χ2n) is 4.31. The summed E-state index contributed by atoms with van der Waals surface area (Å²) in [5.41, 5.74) is 0.979. The Balaban J connectivity index is 2.79. The molecule has 1 aromatic carbocycles. The van der Waals surface area contributed by atoms with Crippen molar-refractivity contribution in [1.82, 2.24) is 5.32 Å². The molecule has 0 bridgehead atoms. The van der Waals surface area contributed by atoms with Crippen LogP contribution in [0.3, 0.4) is 0 Å². The summed E-state index contributed by atoms with van der Waals surface area (Å²) in [6, 6.07) is 9.70. The third kappa shape index (κ3) is 4.27. The first-order valence-corrected chi connectivity index (χ1v) is 8.36. The molecule has 15 heavy (non-hydrogen) atoms. The molecule has 1 N–H and O–H groups in total. The molecule has 0 aliphatic carbocycles. The number of hydrogen-bond acceptors (Lipinski definition) is 2. The fourth-order valence-corrected chi connectivity index (χ4v) is 2.15. The van der Waals surface area contributed by atoms with E-state index in [1.54, 1.807) is 0 Å². The van der Waals surface area contributed by atoms with Gasteiger partial charge in [-0.1, -0.05) is 30.3 Å². The number of hydrogen-bond donors (Lipinski definition) is 1. The SMILES string of the molecule is C[Si](C)(C)OC(NC=O)c1ccccc1. The van der Waals surface area contributed by atoms with Crippen LogP contribution in [0, 0.1) is 0 Å². The standard InChI is InChI=1S/C11H17NO2Si/c1-15(2,3)14-11(12-9-13)10-7-5-4-6-8-10/h4-9,11H,1-3H3,(H,12,13). The number of rotatable bonds is 5. The molecule has 0 aliphatic rings. The lowest BCUT2D eigenvalue weighted by Crippen LogP contribution is -2.34. The highest BCUT2D eigenvalue weighted by Gasteiger charge is 2.21. The lowest BCUT2D eigenvalue weighted by Gasteiger charge is -2.26. The smallest absolute Gasteiger partial charge is 0.209 e. The summed E-state index contributed by atoms with van der Waals surface area (Å²) in [5, 5.41) is 2.69. The predicted molar refractivity (Wildman–Crippen MR) is 62.8 cm³/mol. The summed E-state index contributed by atoms with van der Waals surface area (Å²) in [4.78, 5) is 10.5. The second-order valence-corrected chi connectivity index (χ2v) is 8.77. The van der Waals surface area contributed by atoms with E-state index in [0.717, 1.165) is 5.56 Å². The van der Waals surface area contributed by atoms with E-state index >= 15 is 0 Å². The van der Waals surface area contributed by atoms with Gasteiger partial charge in [0.15, 0.2) is 8.32 Å². The molecule has 0 spiro atoms. The Morgan fingerprint density at radius 2 is 1.87 bits per heavy atom. The Morgan fingerprint density at radius 3 is 2.33 bits per heavy atom. The second kappa shape index (κ2) is 5.09. The van der Waals surface area contributed by atoms with Gasteiger partial charge in [0, 0.05) is 5.56 Å². The van der Waals surface area contributed by atoms with Crippen molar-refractivity contribution in [1.29, 1.82) is 0 Å². The Bertz CT molecular complexity index is 308. The van der Waals surface area contributed by atoms with Gasteiger partial charge in [-0.15, -0.1) is 0 Å². The van der Waals surface area contributed by atoms with Gasteiger partial charge in [0.05, 0.1) is 0 Å². The summed E-state index contributed by atoms with van der Waals surface area (Å²) in [6.07, 6.45) is 0.355. The lowest BCUT2D eigenvalue weighted by molar-refractivity contribution is -0.111. The van der Waals surface area contributed by atoms with E-state index in [0.29, 0.717) is 6.41 Å². The van der Waals surface area contributed by atoms with E-state index < -0.39 is 8.32 Å². The predicted octanol–water partition coefficient (Wildman–Crippen LogP) is 2.28. The number of amides is 1. The molecule has 1 aromatic rings. The number of benzene rings is 1. The Hall–Kier alpha value is -1.13. The molecule has 0 saturated carbocycles. The van der Waals surface area contributed by atoms with Gasteiger partial charge >= 0.3 is 0 Å². The first kappa shape index (κ1) is 11.9. The maximum atomic E-state index is 10.5. The summed E-state index contributed by atoms with van der Waals surface area (Å²) in [5.74, 6) is 0. The third-order valence-corrected chi connectivity index (χ3v) is 2.74. The van der Waals surface area contributed by atoms with Crippen LogP contribution in [0.2, 0.25) is 19.6 Å². The van der Waals surface area contributed by atoms with Crippen molar-refractivity contribution in [2.75, 3.05) is 0 Å². The quantitative estimate of drug-likeness (QED) is 0.472. The van der Waals surface area contributed by atoms with Gasteiger partial charge in [-0.3, -0.25) is 4.79 Å². The minimum absolute atomic E-state index is 0.324. The Kier molecular flexibility index (Phi) is 4.05. The minimum atomic E-state index is -1.66. The molecule has 0 heterocycles. The molecule has 0 aliphatic heterocycles. The molecule has 0 saturated heterocycles. The van der Waals surface area contributed by atoms with E-state index in [9.17, 15) is 4.79 Å². The zero-order valence-corrected chi connectivity index (χ0v) is 10.4. The van der Waals surface area contributed by atoms with Crippen LogP contribution in [0.25, 0.3) is 0 Å². The van der Waals surface area contributed by atoms with Gasteiger partial charge < -0.3 is 9.74 Å². The van der Waals surface area contributed by atoms with Crippen LogP contribution in [0.4, 0.5) is 0 Å². The summed E-state index contributed by atoms with van der Waals surface area (Å²) in [7, 11) is -1.66. The first-order valence-electron chi connectivity index (χ1n) is 4.95. The van der Waals surface area contributed by atoms with E-state index in [1.165, 1.54) is 0 Å². The molecule has 82 valence electrons. The van der Waals surface area contributed by atoms with Crippen LogP contribution in [0.5, 0.6) is 0 Å². The third-order valence-electron chi connectivity index (χ3n) is 1.79. The van der Waals surface area contributed by atoms with Crippen molar-refractivity contribution in [3.8, 4) is 0 Å². The highest BCUT2D eigenvalue weighted by molar-refractivity contribution is 6.69. The van der Waals surface area contributed by atoms with Gasteiger partial charge in [0.25, 0.3) is 0 Å². The molecule has 0 radical (unpaired) electrons. The van der Waals surface area contributed by atoms with Crippen LogP contribution in [-0.4, -0.2) is 14.7 Å². The molecule has 4 heteroatoms. The van der Waals surface area contributed by atoms with Gasteiger partial charge in [0.2, 0.25) is 6.41 Å². The molecular weight excluding hydrogens is 206 g/mol. The summed E-state index contributed by atoms with van der Waals surface area (Å²) in [6.45, 7) is 6.28. The number of nitrogens with one attached hydrogen (secondary N) is 1. The van der Waals surface area contributed by atoms with Crippen molar-refractivity contribution in [3.63, 3.8) is 0 Å². The zero-order valence-electron chi connectivity index (χ0n) is 9.36. The van der Waals surface area contributed by atoms with Gasteiger partial charge in [-0.25, -0.2) is 0 Å². The fourth-order valence-electron chi connectivity index (χ4n) is 1.24.